The third kappa shape index (κ3) is 3.06. The van der Waals surface area contributed by atoms with Crippen LogP contribution >= 0.6 is 34.7 Å². The van der Waals surface area contributed by atoms with E-state index in [4.69, 9.17) is 11.6 Å². The molecule has 0 unspecified atom stereocenters. The molecule has 0 saturated carbocycles. The smallest absolute Gasteiger partial charge is 0.183 e. The van der Waals surface area contributed by atoms with Crippen LogP contribution in [0.1, 0.15) is 13.8 Å². The summed E-state index contributed by atoms with van der Waals surface area (Å²) in [5.74, 6) is 0. The van der Waals surface area contributed by atoms with Crippen LogP contribution < -0.4 is 5.32 Å². The Morgan fingerprint density at radius 1 is 1.47 bits per heavy atom. The lowest BCUT2D eigenvalue weighted by Gasteiger charge is -2.21. The van der Waals surface area contributed by atoms with Gasteiger partial charge < -0.3 is 5.32 Å². The van der Waals surface area contributed by atoms with E-state index in [1.54, 1.807) is 11.3 Å². The van der Waals surface area contributed by atoms with Gasteiger partial charge >= 0.3 is 0 Å². The van der Waals surface area contributed by atoms with Crippen LogP contribution in [0.2, 0.25) is 5.02 Å². The van der Waals surface area contributed by atoms with Gasteiger partial charge in [-0.1, -0.05) is 29.0 Å². The van der Waals surface area contributed by atoms with Crippen molar-refractivity contribution in [3.63, 3.8) is 0 Å². The summed E-state index contributed by atoms with van der Waals surface area (Å²) in [6, 6.07) is 5.82. The summed E-state index contributed by atoms with van der Waals surface area (Å²) < 4.78 is 1.26. The predicted octanol–water partition coefficient (Wildman–Crippen LogP) is 4.50. The minimum Gasteiger partial charge on any atom is -0.360 e. The van der Waals surface area contributed by atoms with Crippen LogP contribution in [0.25, 0.3) is 10.2 Å². The second-order valence-corrected chi connectivity index (χ2v) is 7.34. The Bertz CT molecular complexity index is 522. The Labute approximate surface area is 115 Å². The molecule has 2 nitrogen and oxygen atoms in total. The van der Waals surface area contributed by atoms with Gasteiger partial charge in [-0.05, 0) is 32.2 Å². The van der Waals surface area contributed by atoms with E-state index in [9.17, 15) is 0 Å². The van der Waals surface area contributed by atoms with E-state index < -0.39 is 0 Å². The van der Waals surface area contributed by atoms with Gasteiger partial charge in [-0.25, -0.2) is 4.98 Å². The lowest BCUT2D eigenvalue weighted by atomic mass is 10.2. The van der Waals surface area contributed by atoms with E-state index in [0.717, 1.165) is 26.9 Å². The number of benzene rings is 1. The monoisotopic (exact) mass is 286 g/mol. The standard InChI is InChI=1S/C12H15ClN2S2/c1-12(2,16-3)7-14-11-15-9-6-4-5-8(13)10(9)17-11/h4-6H,7H2,1-3H3,(H,14,15). The minimum absolute atomic E-state index is 0.210. The Morgan fingerprint density at radius 3 is 2.88 bits per heavy atom. The Kier molecular flexibility index (Phi) is 3.85. The average Bonchev–Trinajstić information content (AvgIpc) is 2.71. The third-order valence-corrected chi connectivity index (χ3v) is 5.32. The van der Waals surface area contributed by atoms with Crippen LogP contribution in [0.4, 0.5) is 5.13 Å². The van der Waals surface area contributed by atoms with Crippen LogP contribution in [0.15, 0.2) is 18.2 Å². The fourth-order valence-electron chi connectivity index (χ4n) is 1.35. The number of rotatable bonds is 4. The van der Waals surface area contributed by atoms with Gasteiger partial charge in [-0.3, -0.25) is 0 Å². The summed E-state index contributed by atoms with van der Waals surface area (Å²) in [5, 5.41) is 5.10. The van der Waals surface area contributed by atoms with E-state index in [1.807, 2.05) is 30.0 Å². The Morgan fingerprint density at radius 2 is 2.24 bits per heavy atom. The number of hydrogen-bond acceptors (Lipinski definition) is 4. The maximum absolute atomic E-state index is 6.13. The number of thiazole rings is 1. The molecule has 0 aliphatic rings. The zero-order valence-corrected chi connectivity index (χ0v) is 12.5. The maximum atomic E-state index is 6.13. The lowest BCUT2D eigenvalue weighted by molar-refractivity contribution is 0.752. The molecule has 1 aromatic carbocycles. The molecule has 0 bridgehead atoms. The zero-order valence-electron chi connectivity index (χ0n) is 10.1. The van der Waals surface area contributed by atoms with Gasteiger partial charge in [-0.15, -0.1) is 0 Å². The fraction of sp³-hybridized carbons (Fsp3) is 0.417. The van der Waals surface area contributed by atoms with Gasteiger partial charge in [0, 0.05) is 11.3 Å². The summed E-state index contributed by atoms with van der Waals surface area (Å²) in [4.78, 5) is 4.52. The second-order valence-electron chi connectivity index (χ2n) is 4.42. The molecule has 2 rings (SSSR count). The molecule has 0 saturated heterocycles. The number of hydrogen-bond donors (Lipinski definition) is 1. The topological polar surface area (TPSA) is 24.9 Å². The molecule has 17 heavy (non-hydrogen) atoms. The largest absolute Gasteiger partial charge is 0.360 e. The van der Waals surface area contributed by atoms with Crippen molar-refractivity contribution in [1.29, 1.82) is 0 Å². The Hall–Kier alpha value is -0.450. The van der Waals surface area contributed by atoms with Crippen molar-refractivity contribution in [2.24, 2.45) is 0 Å². The van der Waals surface area contributed by atoms with E-state index in [2.05, 4.69) is 30.4 Å². The number of halogens is 1. The number of nitrogens with one attached hydrogen (secondary N) is 1. The number of nitrogens with zero attached hydrogens (tertiary/aromatic N) is 1. The van der Waals surface area contributed by atoms with Gasteiger partial charge in [0.25, 0.3) is 0 Å². The molecule has 0 atom stereocenters. The molecule has 1 N–H and O–H groups in total. The highest BCUT2D eigenvalue weighted by molar-refractivity contribution is 7.99. The molecule has 0 aliphatic heterocycles. The summed E-state index contributed by atoms with van der Waals surface area (Å²) in [5.41, 5.74) is 0.965. The highest BCUT2D eigenvalue weighted by atomic mass is 35.5. The second kappa shape index (κ2) is 5.04. The van der Waals surface area contributed by atoms with E-state index in [0.29, 0.717) is 0 Å². The quantitative estimate of drug-likeness (QED) is 0.895. The summed E-state index contributed by atoms with van der Waals surface area (Å²) in [6.45, 7) is 5.32. The molecule has 1 heterocycles. The fourth-order valence-corrected chi connectivity index (χ4v) is 2.72. The lowest BCUT2D eigenvalue weighted by Crippen LogP contribution is -2.25. The summed E-state index contributed by atoms with van der Waals surface area (Å²) >= 11 is 9.58. The van der Waals surface area contributed by atoms with E-state index in [-0.39, 0.29) is 4.75 Å². The first-order valence-electron chi connectivity index (χ1n) is 5.36. The van der Waals surface area contributed by atoms with Gasteiger partial charge in [-0.2, -0.15) is 11.8 Å². The van der Waals surface area contributed by atoms with Crippen LogP contribution in [0.3, 0.4) is 0 Å². The van der Waals surface area contributed by atoms with Crippen molar-refractivity contribution >= 4 is 50.0 Å². The Balaban J connectivity index is 2.18. The van der Waals surface area contributed by atoms with Crippen LogP contribution in [-0.4, -0.2) is 22.5 Å². The van der Waals surface area contributed by atoms with Crippen molar-refractivity contribution in [2.45, 2.75) is 18.6 Å². The highest BCUT2D eigenvalue weighted by Gasteiger charge is 2.16. The summed E-state index contributed by atoms with van der Waals surface area (Å²) in [7, 11) is 0. The molecule has 5 heteroatoms. The van der Waals surface area contributed by atoms with Gasteiger partial charge in [0.15, 0.2) is 5.13 Å². The van der Waals surface area contributed by atoms with Crippen molar-refractivity contribution in [3.05, 3.63) is 23.2 Å². The zero-order chi connectivity index (χ0) is 12.5. The first kappa shape index (κ1) is 13.0. The molecule has 2 aromatic rings. The molecule has 92 valence electrons. The first-order valence-corrected chi connectivity index (χ1v) is 7.78. The minimum atomic E-state index is 0.210. The molecule has 0 aliphatic carbocycles. The van der Waals surface area contributed by atoms with Crippen molar-refractivity contribution in [1.82, 2.24) is 4.98 Å². The van der Waals surface area contributed by atoms with Crippen molar-refractivity contribution in [2.75, 3.05) is 18.1 Å². The van der Waals surface area contributed by atoms with Crippen molar-refractivity contribution in [3.8, 4) is 0 Å². The molecular weight excluding hydrogens is 272 g/mol. The van der Waals surface area contributed by atoms with Crippen molar-refractivity contribution < 1.29 is 0 Å². The molecule has 0 spiro atoms. The van der Waals surface area contributed by atoms with E-state index >= 15 is 0 Å². The SMILES string of the molecule is CSC(C)(C)CNc1nc2cccc(Cl)c2s1. The normalized spacial score (nSPS) is 12.0. The van der Waals surface area contributed by atoms with Gasteiger partial charge in [0.2, 0.25) is 0 Å². The number of aromatic nitrogens is 1. The highest BCUT2D eigenvalue weighted by Crippen LogP contribution is 2.32. The molecule has 0 amide bonds. The third-order valence-electron chi connectivity index (χ3n) is 2.58. The number of thioether (sulfide) groups is 1. The van der Waals surface area contributed by atoms with E-state index in [1.165, 1.54) is 0 Å². The number of fused-ring (bicyclic) bond motifs is 1. The summed E-state index contributed by atoms with van der Waals surface area (Å²) in [6.07, 6.45) is 2.12. The maximum Gasteiger partial charge on any atom is 0.183 e. The molecule has 0 fully saturated rings. The van der Waals surface area contributed by atoms with Crippen LogP contribution in [0, 0.1) is 0 Å². The average molecular weight is 287 g/mol. The predicted molar refractivity (Wildman–Crippen MR) is 80.7 cm³/mol. The molecular formula is C12H15ClN2S2. The first-order chi connectivity index (χ1) is 8.02. The number of anilines is 1. The molecule has 0 radical (unpaired) electrons. The van der Waals surface area contributed by atoms with Gasteiger partial charge in [0.1, 0.15) is 0 Å². The van der Waals surface area contributed by atoms with Gasteiger partial charge in [0.05, 0.1) is 15.2 Å². The molecule has 1 aromatic heterocycles. The van der Waals surface area contributed by atoms with Crippen LogP contribution in [0.5, 0.6) is 0 Å². The van der Waals surface area contributed by atoms with Crippen LogP contribution in [-0.2, 0) is 0 Å².